The van der Waals surface area contributed by atoms with Gasteiger partial charge in [0.1, 0.15) is 11.5 Å². The van der Waals surface area contributed by atoms with E-state index in [1.165, 1.54) is 83.5 Å². The summed E-state index contributed by atoms with van der Waals surface area (Å²) in [5, 5.41) is 22.5. The minimum absolute atomic E-state index is 0. The predicted octanol–water partition coefficient (Wildman–Crippen LogP) is 8.67. The molecule has 4 rings (SSSR count). The lowest BCUT2D eigenvalue weighted by Gasteiger charge is -2.58. The Balaban J connectivity index is 0.00000529. The van der Waals surface area contributed by atoms with Crippen molar-refractivity contribution in [3.63, 3.8) is 0 Å². The molecule has 1 saturated heterocycles. The molecular formula is C38H63NO5. The highest BCUT2D eigenvalue weighted by atomic mass is 16.6. The fourth-order valence-electron chi connectivity index (χ4n) is 8.02. The molecule has 2 N–H and O–H groups in total. The molecule has 0 amide bonds. The number of aliphatic hydroxyl groups is 2. The van der Waals surface area contributed by atoms with Gasteiger partial charge < -0.3 is 24.6 Å². The number of rotatable bonds is 18. The normalized spacial score (nSPS) is 25.7. The molecule has 0 bridgehead atoms. The van der Waals surface area contributed by atoms with Crippen LogP contribution in [0.25, 0.3) is 0 Å². The number of ether oxygens (including phenoxy) is 2. The highest BCUT2D eigenvalue weighted by molar-refractivity contribution is 5.71. The summed E-state index contributed by atoms with van der Waals surface area (Å²) in [6.07, 6.45) is 22.1. The van der Waals surface area contributed by atoms with Crippen LogP contribution < -0.4 is 4.74 Å². The van der Waals surface area contributed by atoms with Gasteiger partial charge in [0.05, 0.1) is 17.6 Å². The van der Waals surface area contributed by atoms with Crippen molar-refractivity contribution in [2.75, 3.05) is 13.6 Å². The molecule has 1 spiro atoms. The van der Waals surface area contributed by atoms with Crippen molar-refractivity contribution in [1.82, 2.24) is 4.90 Å². The molecule has 1 fully saturated rings. The van der Waals surface area contributed by atoms with Crippen LogP contribution in [0.1, 0.15) is 154 Å². The van der Waals surface area contributed by atoms with Crippen molar-refractivity contribution in [1.29, 1.82) is 0 Å². The Morgan fingerprint density at radius 3 is 2.11 bits per heavy atom. The van der Waals surface area contributed by atoms with E-state index >= 15 is 0 Å². The second-order valence-electron chi connectivity index (χ2n) is 13.7. The van der Waals surface area contributed by atoms with Gasteiger partial charge in [-0.3, -0.25) is 4.79 Å². The zero-order valence-electron chi connectivity index (χ0n) is 27.6. The first-order chi connectivity index (χ1) is 20.8. The van der Waals surface area contributed by atoms with Gasteiger partial charge in [-0.15, -0.1) is 0 Å². The Morgan fingerprint density at radius 1 is 0.977 bits per heavy atom. The number of likely N-dealkylation sites (N-methyl/N-ethyl adjacent to an activating group) is 1. The summed E-state index contributed by atoms with van der Waals surface area (Å²) in [5.41, 5.74) is 0.897. The van der Waals surface area contributed by atoms with Crippen molar-refractivity contribution in [3.8, 4) is 5.75 Å². The molecular weight excluding hydrogens is 550 g/mol. The van der Waals surface area contributed by atoms with Crippen LogP contribution in [0.15, 0.2) is 24.0 Å². The molecule has 2 heterocycles. The van der Waals surface area contributed by atoms with E-state index in [0.29, 0.717) is 36.3 Å². The second-order valence-corrected chi connectivity index (χ2v) is 13.7. The summed E-state index contributed by atoms with van der Waals surface area (Å²) in [4.78, 5) is 15.2. The van der Waals surface area contributed by atoms with Crippen molar-refractivity contribution in [2.24, 2.45) is 0 Å². The Hall–Kier alpha value is -1.89. The Labute approximate surface area is 268 Å². The molecule has 1 aromatic carbocycles. The van der Waals surface area contributed by atoms with Gasteiger partial charge in [-0.2, -0.15) is 0 Å². The third-order valence-electron chi connectivity index (χ3n) is 10.8. The molecule has 6 heteroatoms. The van der Waals surface area contributed by atoms with Crippen LogP contribution in [0.3, 0.4) is 0 Å². The minimum atomic E-state index is -1.08. The van der Waals surface area contributed by atoms with Crippen LogP contribution >= 0.6 is 0 Å². The number of likely N-dealkylation sites (tertiary alicyclic amines) is 1. The maximum Gasteiger partial charge on any atom is 0.310 e. The number of hydrogen-bond acceptors (Lipinski definition) is 6. The summed E-state index contributed by atoms with van der Waals surface area (Å²) < 4.78 is 12.6. The van der Waals surface area contributed by atoms with Crippen LogP contribution in [0.5, 0.6) is 5.75 Å². The highest BCUT2D eigenvalue weighted by Gasteiger charge is 2.69. The van der Waals surface area contributed by atoms with Gasteiger partial charge in [-0.05, 0) is 51.9 Å². The number of unbranched alkanes of at least 4 members (excludes halogenated alkanes) is 14. The molecule has 0 unspecified atom stereocenters. The van der Waals surface area contributed by atoms with Gasteiger partial charge in [-0.25, -0.2) is 0 Å². The number of aliphatic hydroxyl groups excluding tert-OH is 1. The molecule has 2 aliphatic heterocycles. The first-order valence-corrected chi connectivity index (χ1v) is 17.5. The number of benzene rings is 1. The zero-order chi connectivity index (χ0) is 30.9. The zero-order valence-corrected chi connectivity index (χ0v) is 27.6. The SMILES string of the molecule is C.CCCCCCCCCCCCCCCCCC(=O)OC1=CC[C@@]2(O)[C@@H](C)N(C)CC[C@@]23c2c(C)ccc(CO)c2O[C@@H]13. The summed E-state index contributed by atoms with van der Waals surface area (Å²) in [6.45, 7) is 7.05. The van der Waals surface area contributed by atoms with Crippen molar-refractivity contribution < 1.29 is 24.5 Å². The van der Waals surface area contributed by atoms with E-state index in [2.05, 4.69) is 25.8 Å². The van der Waals surface area contributed by atoms with Gasteiger partial charge in [0.2, 0.25) is 0 Å². The molecule has 1 aliphatic carbocycles. The Kier molecular flexibility index (Phi) is 14.3. The number of aryl methyl sites for hydroxylation is 1. The van der Waals surface area contributed by atoms with Crippen LogP contribution in [0.4, 0.5) is 0 Å². The molecule has 0 aromatic heterocycles. The smallest absolute Gasteiger partial charge is 0.310 e. The number of fused-ring (bicyclic) bond motifs is 1. The number of hydrogen-bond donors (Lipinski definition) is 2. The lowest BCUT2D eigenvalue weighted by atomic mass is 9.54. The lowest BCUT2D eigenvalue weighted by molar-refractivity contribution is -0.162. The van der Waals surface area contributed by atoms with Crippen LogP contribution in [0, 0.1) is 6.92 Å². The molecule has 0 saturated carbocycles. The van der Waals surface area contributed by atoms with Crippen molar-refractivity contribution >= 4 is 5.97 Å². The molecule has 4 atom stereocenters. The molecule has 1 aromatic rings. The quantitative estimate of drug-likeness (QED) is 0.127. The third kappa shape index (κ3) is 7.73. The van der Waals surface area contributed by atoms with Crippen LogP contribution in [-0.4, -0.2) is 52.4 Å². The first-order valence-electron chi connectivity index (χ1n) is 17.5. The largest absolute Gasteiger partial charge is 0.481 e. The monoisotopic (exact) mass is 613 g/mol. The van der Waals surface area contributed by atoms with E-state index in [-0.39, 0.29) is 26.0 Å². The van der Waals surface area contributed by atoms with E-state index in [4.69, 9.17) is 9.47 Å². The van der Waals surface area contributed by atoms with Gasteiger partial charge in [-0.1, -0.05) is 116 Å². The molecule has 250 valence electrons. The van der Waals surface area contributed by atoms with E-state index in [1.807, 2.05) is 25.1 Å². The fraction of sp³-hybridized carbons (Fsp3) is 0.763. The topological polar surface area (TPSA) is 79.2 Å². The summed E-state index contributed by atoms with van der Waals surface area (Å²) in [6, 6.07) is 3.80. The second kappa shape index (κ2) is 17.1. The van der Waals surface area contributed by atoms with Gasteiger partial charge >= 0.3 is 5.97 Å². The molecule has 6 nitrogen and oxygen atoms in total. The average Bonchev–Trinajstić information content (AvgIpc) is 3.36. The van der Waals surface area contributed by atoms with Crippen LogP contribution in [0.2, 0.25) is 0 Å². The molecule has 0 radical (unpaired) electrons. The summed E-state index contributed by atoms with van der Waals surface area (Å²) in [7, 11) is 2.05. The Bertz CT molecular complexity index is 1090. The maximum atomic E-state index is 13.0. The van der Waals surface area contributed by atoms with E-state index < -0.39 is 17.1 Å². The van der Waals surface area contributed by atoms with Crippen LogP contribution in [-0.2, 0) is 21.6 Å². The predicted molar refractivity (Wildman–Crippen MR) is 180 cm³/mol. The van der Waals surface area contributed by atoms with E-state index in [9.17, 15) is 15.0 Å². The number of carbonyl (C=O) groups is 1. The Morgan fingerprint density at radius 2 is 1.55 bits per heavy atom. The standard InChI is InChI=1S/C37H59NO5.CH4/c1-5-6-7-8-9-10-11-12-13-14-15-16-17-18-19-20-32(40)42-31-23-24-37(41)29(3)38(4)26-25-36(37)33-28(2)21-22-30(27-39)34(33)43-35(31)36;/h21-23,29,35,39,41H,5-20,24-27H2,1-4H3;1H4/t29-,35+,36+,37-;/m1./s1. The highest BCUT2D eigenvalue weighted by Crippen LogP contribution is 2.61. The number of nitrogens with zero attached hydrogens (tertiary/aromatic N) is 1. The van der Waals surface area contributed by atoms with Gasteiger partial charge in [0.25, 0.3) is 0 Å². The molecule has 44 heavy (non-hydrogen) atoms. The number of piperidine rings is 1. The van der Waals surface area contributed by atoms with Gasteiger partial charge in [0, 0.05) is 30.0 Å². The lowest BCUT2D eigenvalue weighted by Crippen LogP contribution is -2.71. The van der Waals surface area contributed by atoms with E-state index in [0.717, 1.165) is 30.5 Å². The van der Waals surface area contributed by atoms with E-state index in [1.54, 1.807) is 0 Å². The maximum absolute atomic E-state index is 13.0. The minimum Gasteiger partial charge on any atom is -0.481 e. The van der Waals surface area contributed by atoms with Crippen molar-refractivity contribution in [2.45, 2.75) is 174 Å². The first kappa shape index (κ1) is 36.6. The third-order valence-corrected chi connectivity index (χ3v) is 10.8. The fourth-order valence-corrected chi connectivity index (χ4v) is 8.02. The average molecular weight is 614 g/mol. The van der Waals surface area contributed by atoms with Crippen molar-refractivity contribution in [3.05, 3.63) is 40.7 Å². The summed E-state index contributed by atoms with van der Waals surface area (Å²) >= 11 is 0. The summed E-state index contributed by atoms with van der Waals surface area (Å²) in [5.74, 6) is 0.946. The number of esters is 1. The number of carbonyl (C=O) groups excluding carboxylic acids is 1. The van der Waals surface area contributed by atoms with Gasteiger partial charge in [0.15, 0.2) is 6.10 Å². The molecule has 3 aliphatic rings.